The molecule has 0 spiro atoms. The molecule has 1 aliphatic rings. The first kappa shape index (κ1) is 11.9. The van der Waals surface area contributed by atoms with Crippen LogP contribution in [-0.4, -0.2) is 56.3 Å². The third-order valence-corrected chi connectivity index (χ3v) is 2.19. The van der Waals surface area contributed by atoms with Gasteiger partial charge in [-0.05, 0) is 33.4 Å². The van der Waals surface area contributed by atoms with Crippen LogP contribution in [0.3, 0.4) is 0 Å². The van der Waals surface area contributed by atoms with Crippen molar-refractivity contribution in [3.05, 3.63) is 0 Å². The molecule has 1 aliphatic heterocycles. The predicted octanol–water partition coefficient (Wildman–Crippen LogP) is 0.452. The number of hydrogen-bond acceptors (Lipinski definition) is 4. The topological polar surface area (TPSA) is 41.9 Å². The Bertz CT molecular complexity index is 146. The summed E-state index contributed by atoms with van der Waals surface area (Å²) in [6.07, 6.45) is 2.72. The maximum absolute atomic E-state index is 9.53. The summed E-state index contributed by atoms with van der Waals surface area (Å²) in [5.41, 5.74) is 0. The molecule has 1 fully saturated rings. The number of aliphatic hydroxyl groups excluding tert-OH is 1. The third kappa shape index (κ3) is 4.91. The third-order valence-electron chi connectivity index (χ3n) is 2.19. The van der Waals surface area contributed by atoms with Gasteiger partial charge in [0.15, 0.2) is 6.29 Å². The van der Waals surface area contributed by atoms with E-state index in [4.69, 9.17) is 9.47 Å². The van der Waals surface area contributed by atoms with Crippen molar-refractivity contribution in [2.45, 2.75) is 31.7 Å². The van der Waals surface area contributed by atoms with E-state index in [1.807, 2.05) is 19.0 Å². The Hall–Kier alpha value is -0.160. The highest BCUT2D eigenvalue weighted by Gasteiger charge is 2.15. The molecule has 1 saturated heterocycles. The van der Waals surface area contributed by atoms with E-state index in [0.717, 1.165) is 25.9 Å². The second kappa shape index (κ2) is 6.35. The molecular weight excluding hydrogens is 182 g/mol. The van der Waals surface area contributed by atoms with Gasteiger partial charge < -0.3 is 19.5 Å². The van der Waals surface area contributed by atoms with Gasteiger partial charge in [-0.3, -0.25) is 0 Å². The van der Waals surface area contributed by atoms with Gasteiger partial charge >= 0.3 is 0 Å². The van der Waals surface area contributed by atoms with E-state index in [1.165, 1.54) is 0 Å². The minimum Gasteiger partial charge on any atom is -0.389 e. The van der Waals surface area contributed by atoms with Crippen LogP contribution in [0, 0.1) is 0 Å². The molecule has 0 saturated carbocycles. The molecule has 0 radical (unpaired) electrons. The molecular formula is C10H21NO3. The Morgan fingerprint density at radius 1 is 1.50 bits per heavy atom. The summed E-state index contributed by atoms with van der Waals surface area (Å²) < 4.78 is 10.8. The van der Waals surface area contributed by atoms with E-state index >= 15 is 0 Å². The van der Waals surface area contributed by atoms with Crippen LogP contribution in [0.15, 0.2) is 0 Å². The minimum atomic E-state index is -0.421. The quantitative estimate of drug-likeness (QED) is 0.704. The van der Waals surface area contributed by atoms with Gasteiger partial charge in [-0.15, -0.1) is 0 Å². The summed E-state index contributed by atoms with van der Waals surface area (Å²) in [4.78, 5) is 1.94. The van der Waals surface area contributed by atoms with E-state index < -0.39 is 6.10 Å². The molecule has 0 aromatic carbocycles. The first-order chi connectivity index (χ1) is 6.68. The van der Waals surface area contributed by atoms with Gasteiger partial charge in [-0.1, -0.05) is 0 Å². The first-order valence-electron chi connectivity index (χ1n) is 5.24. The summed E-state index contributed by atoms with van der Waals surface area (Å²) in [7, 11) is 3.86. The highest BCUT2D eigenvalue weighted by atomic mass is 16.7. The van der Waals surface area contributed by atoms with E-state index in [1.54, 1.807) is 0 Å². The summed E-state index contributed by atoms with van der Waals surface area (Å²) in [5, 5.41) is 9.53. The van der Waals surface area contributed by atoms with E-state index in [9.17, 15) is 5.11 Å². The zero-order valence-corrected chi connectivity index (χ0v) is 9.11. The number of ether oxygens (including phenoxy) is 2. The zero-order chi connectivity index (χ0) is 10.4. The van der Waals surface area contributed by atoms with Crippen molar-refractivity contribution in [2.24, 2.45) is 0 Å². The normalized spacial score (nSPS) is 25.3. The second-order valence-corrected chi connectivity index (χ2v) is 4.05. The molecule has 0 aromatic heterocycles. The largest absolute Gasteiger partial charge is 0.389 e. The van der Waals surface area contributed by atoms with Gasteiger partial charge in [0.05, 0.1) is 12.7 Å². The molecule has 84 valence electrons. The molecule has 4 nitrogen and oxygen atoms in total. The Morgan fingerprint density at radius 2 is 2.29 bits per heavy atom. The second-order valence-electron chi connectivity index (χ2n) is 4.05. The molecule has 1 N–H and O–H groups in total. The highest BCUT2D eigenvalue weighted by Crippen LogP contribution is 2.13. The van der Waals surface area contributed by atoms with Crippen molar-refractivity contribution >= 4 is 0 Å². The van der Waals surface area contributed by atoms with Crippen molar-refractivity contribution < 1.29 is 14.6 Å². The molecule has 14 heavy (non-hydrogen) atoms. The summed E-state index contributed by atoms with van der Waals surface area (Å²) in [6.45, 7) is 1.78. The van der Waals surface area contributed by atoms with Gasteiger partial charge in [-0.25, -0.2) is 0 Å². The fourth-order valence-electron chi connectivity index (χ4n) is 1.54. The molecule has 2 atom stereocenters. The van der Waals surface area contributed by atoms with Gasteiger partial charge in [0.2, 0.25) is 0 Å². The highest BCUT2D eigenvalue weighted by molar-refractivity contribution is 4.59. The standard InChI is InChI=1S/C10H21NO3/c1-11(2)7-9(12)8-14-10-5-3-4-6-13-10/h9-10,12H,3-8H2,1-2H3. The van der Waals surface area contributed by atoms with Gasteiger partial charge in [0, 0.05) is 13.2 Å². The van der Waals surface area contributed by atoms with Crippen LogP contribution < -0.4 is 0 Å². The molecule has 1 rings (SSSR count). The van der Waals surface area contributed by atoms with Crippen LogP contribution in [0.1, 0.15) is 19.3 Å². The lowest BCUT2D eigenvalue weighted by atomic mass is 10.2. The fourth-order valence-corrected chi connectivity index (χ4v) is 1.54. The van der Waals surface area contributed by atoms with Crippen LogP contribution >= 0.6 is 0 Å². The lowest BCUT2D eigenvalue weighted by molar-refractivity contribution is -0.175. The summed E-state index contributed by atoms with van der Waals surface area (Å²) >= 11 is 0. The van der Waals surface area contributed by atoms with Crippen LogP contribution in [-0.2, 0) is 9.47 Å². The van der Waals surface area contributed by atoms with Crippen LogP contribution in [0.4, 0.5) is 0 Å². The smallest absolute Gasteiger partial charge is 0.157 e. The molecule has 1 heterocycles. The van der Waals surface area contributed by atoms with Crippen molar-refractivity contribution in [3.8, 4) is 0 Å². The molecule has 0 aliphatic carbocycles. The molecule has 0 aromatic rings. The van der Waals surface area contributed by atoms with Crippen molar-refractivity contribution in [3.63, 3.8) is 0 Å². The van der Waals surface area contributed by atoms with Crippen molar-refractivity contribution in [2.75, 3.05) is 33.9 Å². The molecule has 0 bridgehead atoms. The van der Waals surface area contributed by atoms with Gasteiger partial charge in [0.1, 0.15) is 0 Å². The molecule has 4 heteroatoms. The van der Waals surface area contributed by atoms with Gasteiger partial charge in [0.25, 0.3) is 0 Å². The maximum atomic E-state index is 9.53. The van der Waals surface area contributed by atoms with Crippen molar-refractivity contribution in [1.82, 2.24) is 4.90 Å². The summed E-state index contributed by atoms with van der Waals surface area (Å²) in [6, 6.07) is 0. The van der Waals surface area contributed by atoms with Crippen LogP contribution in [0.5, 0.6) is 0 Å². The first-order valence-corrected chi connectivity index (χ1v) is 5.24. The molecule has 0 amide bonds. The zero-order valence-electron chi connectivity index (χ0n) is 9.11. The number of aliphatic hydroxyl groups is 1. The predicted molar refractivity (Wildman–Crippen MR) is 54.1 cm³/mol. The Balaban J connectivity index is 2.06. The average Bonchev–Trinajstić information content (AvgIpc) is 2.15. The van der Waals surface area contributed by atoms with Crippen LogP contribution in [0.25, 0.3) is 0 Å². The number of hydrogen-bond donors (Lipinski definition) is 1. The molecule has 2 unspecified atom stereocenters. The maximum Gasteiger partial charge on any atom is 0.157 e. The van der Waals surface area contributed by atoms with Crippen LogP contribution in [0.2, 0.25) is 0 Å². The lowest BCUT2D eigenvalue weighted by Gasteiger charge is -2.24. The van der Waals surface area contributed by atoms with Crippen molar-refractivity contribution in [1.29, 1.82) is 0 Å². The summed E-state index contributed by atoms with van der Waals surface area (Å²) in [5.74, 6) is 0. The Labute approximate surface area is 85.8 Å². The minimum absolute atomic E-state index is 0.0967. The lowest BCUT2D eigenvalue weighted by Crippen LogP contribution is -2.32. The number of likely N-dealkylation sites (N-methyl/N-ethyl adjacent to an activating group) is 1. The van der Waals surface area contributed by atoms with E-state index in [0.29, 0.717) is 13.2 Å². The number of rotatable bonds is 5. The van der Waals surface area contributed by atoms with Gasteiger partial charge in [-0.2, -0.15) is 0 Å². The average molecular weight is 203 g/mol. The Morgan fingerprint density at radius 3 is 2.86 bits per heavy atom. The fraction of sp³-hybridized carbons (Fsp3) is 1.00. The SMILES string of the molecule is CN(C)CC(O)COC1CCCCO1. The monoisotopic (exact) mass is 203 g/mol. The Kier molecular flexibility index (Phi) is 5.40. The number of nitrogens with zero attached hydrogens (tertiary/aromatic N) is 1. The van der Waals surface area contributed by atoms with E-state index in [2.05, 4.69) is 0 Å². The van der Waals surface area contributed by atoms with E-state index in [-0.39, 0.29) is 6.29 Å².